The van der Waals surface area contributed by atoms with Crippen molar-refractivity contribution in [2.45, 2.75) is 57.3 Å². The van der Waals surface area contributed by atoms with Crippen molar-refractivity contribution in [3.8, 4) is 0 Å². The number of fused-ring (bicyclic) bond motifs is 2. The number of amides is 2. The number of nitrogens with zero attached hydrogens (tertiary/aromatic N) is 1. The first-order valence-electron chi connectivity index (χ1n) is 6.25. The maximum Gasteiger partial charge on any atom is 0.303 e. The van der Waals surface area contributed by atoms with Gasteiger partial charge in [-0.25, -0.2) is 0 Å². The molecule has 2 amide bonds. The maximum atomic E-state index is 12.0. The molecular weight excluding hydrogens is 238 g/mol. The van der Waals surface area contributed by atoms with Gasteiger partial charge in [-0.05, 0) is 32.6 Å². The highest BCUT2D eigenvalue weighted by Gasteiger charge is 2.47. The normalized spacial score (nSPS) is 28.6. The van der Waals surface area contributed by atoms with E-state index < -0.39 is 18.2 Å². The number of hydrogen-bond donors (Lipinski definition) is 1. The molecule has 2 rings (SSSR count). The molecule has 0 aromatic heterocycles. The van der Waals surface area contributed by atoms with Gasteiger partial charge in [-0.1, -0.05) is 0 Å². The van der Waals surface area contributed by atoms with Gasteiger partial charge >= 0.3 is 5.97 Å². The van der Waals surface area contributed by atoms with E-state index in [1.54, 1.807) is 6.92 Å². The van der Waals surface area contributed by atoms with Gasteiger partial charge in [-0.15, -0.1) is 0 Å². The molecule has 100 valence electrons. The molecule has 0 spiro atoms. The summed E-state index contributed by atoms with van der Waals surface area (Å²) in [6.07, 6.45) is 1.29. The van der Waals surface area contributed by atoms with Crippen molar-refractivity contribution in [3.05, 3.63) is 0 Å². The lowest BCUT2D eigenvalue weighted by molar-refractivity contribution is -0.171. The fourth-order valence-corrected chi connectivity index (χ4v) is 2.53. The van der Waals surface area contributed by atoms with Crippen LogP contribution < -0.4 is 0 Å². The zero-order chi connectivity index (χ0) is 13.3. The van der Waals surface area contributed by atoms with Gasteiger partial charge in [0.1, 0.15) is 12.2 Å². The average Bonchev–Trinajstić information content (AvgIpc) is 2.73. The summed E-state index contributed by atoms with van der Waals surface area (Å²) in [5, 5.41) is 8.57. The quantitative estimate of drug-likeness (QED) is 0.725. The Morgan fingerprint density at radius 1 is 1.39 bits per heavy atom. The number of carbonyl (C=O) groups is 3. The largest absolute Gasteiger partial charge is 0.481 e. The molecule has 2 bridgehead atoms. The zero-order valence-electron chi connectivity index (χ0n) is 10.3. The standard InChI is InChI=1S/C12H17NO5/c1-7(3-2-4-10(14)15)13-11(16)8-5-6-9(18-8)12(13)17/h7-9H,2-6H2,1H3,(H,14,15). The van der Waals surface area contributed by atoms with Crippen LogP contribution in [0.5, 0.6) is 0 Å². The van der Waals surface area contributed by atoms with E-state index in [2.05, 4.69) is 0 Å². The molecule has 0 aliphatic carbocycles. The highest BCUT2D eigenvalue weighted by molar-refractivity contribution is 6.02. The second kappa shape index (κ2) is 5.06. The molecule has 0 radical (unpaired) electrons. The van der Waals surface area contributed by atoms with Crippen LogP contribution in [0.2, 0.25) is 0 Å². The number of hydrogen-bond acceptors (Lipinski definition) is 4. The number of carboxylic acids is 1. The predicted octanol–water partition coefficient (Wildman–Crippen LogP) is 0.546. The second-order valence-corrected chi connectivity index (χ2v) is 4.87. The SMILES string of the molecule is CC(CCCC(=O)O)N1C(=O)C2CCC(O2)C1=O. The fraction of sp³-hybridized carbons (Fsp3) is 0.750. The van der Waals surface area contributed by atoms with Crippen LogP contribution in [0.1, 0.15) is 39.0 Å². The maximum absolute atomic E-state index is 12.0. The smallest absolute Gasteiger partial charge is 0.303 e. The Morgan fingerprint density at radius 3 is 2.44 bits per heavy atom. The molecular formula is C12H17NO5. The number of carbonyl (C=O) groups excluding carboxylic acids is 2. The summed E-state index contributed by atoms with van der Waals surface area (Å²) in [5.74, 6) is -1.39. The minimum absolute atomic E-state index is 0.0594. The fourth-order valence-electron chi connectivity index (χ4n) is 2.53. The van der Waals surface area contributed by atoms with Gasteiger partial charge in [0, 0.05) is 12.5 Å². The number of morpholine rings is 1. The summed E-state index contributed by atoms with van der Waals surface area (Å²) in [6.45, 7) is 1.78. The number of likely N-dealkylation sites (tertiary alicyclic amines) is 1. The lowest BCUT2D eigenvalue weighted by atomic mass is 10.1. The number of ether oxygens (including phenoxy) is 1. The van der Waals surface area contributed by atoms with Gasteiger partial charge in [-0.3, -0.25) is 19.3 Å². The van der Waals surface area contributed by atoms with Crippen LogP contribution in [0.3, 0.4) is 0 Å². The predicted molar refractivity (Wildman–Crippen MR) is 60.7 cm³/mol. The Morgan fingerprint density at radius 2 is 1.94 bits per heavy atom. The van der Waals surface area contributed by atoms with Crippen LogP contribution in [0.4, 0.5) is 0 Å². The van der Waals surface area contributed by atoms with Crippen LogP contribution in [-0.2, 0) is 19.1 Å². The Labute approximate surface area is 105 Å². The monoisotopic (exact) mass is 255 g/mol. The first-order valence-corrected chi connectivity index (χ1v) is 6.25. The molecule has 18 heavy (non-hydrogen) atoms. The van der Waals surface area contributed by atoms with Crippen LogP contribution in [0.15, 0.2) is 0 Å². The van der Waals surface area contributed by atoms with Crippen molar-refractivity contribution in [1.29, 1.82) is 0 Å². The van der Waals surface area contributed by atoms with Crippen molar-refractivity contribution in [2.75, 3.05) is 0 Å². The summed E-state index contributed by atoms with van der Waals surface area (Å²) in [4.78, 5) is 35.7. The number of carboxylic acid groups (broad SMARTS) is 1. The molecule has 2 heterocycles. The number of imide groups is 1. The Hall–Kier alpha value is -1.43. The Balaban J connectivity index is 1.96. The van der Waals surface area contributed by atoms with Crippen molar-refractivity contribution in [2.24, 2.45) is 0 Å². The zero-order valence-corrected chi connectivity index (χ0v) is 10.3. The molecule has 2 saturated heterocycles. The van der Waals surface area contributed by atoms with Gasteiger partial charge < -0.3 is 9.84 Å². The second-order valence-electron chi connectivity index (χ2n) is 4.87. The summed E-state index contributed by atoms with van der Waals surface area (Å²) in [6, 6.07) is -0.253. The lowest BCUT2D eigenvalue weighted by Crippen LogP contribution is -2.55. The van der Waals surface area contributed by atoms with E-state index in [1.807, 2.05) is 0 Å². The topological polar surface area (TPSA) is 83.9 Å². The van der Waals surface area contributed by atoms with Gasteiger partial charge in [0.25, 0.3) is 11.8 Å². The molecule has 6 nitrogen and oxygen atoms in total. The molecule has 2 aliphatic rings. The van der Waals surface area contributed by atoms with Crippen LogP contribution >= 0.6 is 0 Å². The van der Waals surface area contributed by atoms with Crippen molar-refractivity contribution >= 4 is 17.8 Å². The highest BCUT2D eigenvalue weighted by Crippen LogP contribution is 2.30. The van der Waals surface area contributed by atoms with Gasteiger partial charge in [-0.2, -0.15) is 0 Å². The molecule has 0 saturated carbocycles. The molecule has 2 fully saturated rings. The highest BCUT2D eigenvalue weighted by atomic mass is 16.5. The summed E-state index contributed by atoms with van der Waals surface area (Å²) < 4.78 is 5.31. The van der Waals surface area contributed by atoms with E-state index in [0.717, 1.165) is 0 Å². The van der Waals surface area contributed by atoms with Crippen LogP contribution in [-0.4, -0.2) is 46.0 Å². The Kier molecular flexibility index (Phi) is 3.65. The summed E-state index contributed by atoms with van der Waals surface area (Å²) >= 11 is 0. The third-order valence-electron chi connectivity index (χ3n) is 3.50. The van der Waals surface area contributed by atoms with E-state index in [1.165, 1.54) is 4.90 Å². The third-order valence-corrected chi connectivity index (χ3v) is 3.50. The molecule has 1 N–H and O–H groups in total. The van der Waals surface area contributed by atoms with Gasteiger partial charge in [0.05, 0.1) is 0 Å². The first-order chi connectivity index (χ1) is 8.50. The van der Waals surface area contributed by atoms with E-state index >= 15 is 0 Å². The van der Waals surface area contributed by atoms with E-state index in [-0.39, 0.29) is 24.3 Å². The van der Waals surface area contributed by atoms with Crippen LogP contribution in [0, 0.1) is 0 Å². The van der Waals surface area contributed by atoms with Gasteiger partial charge in [0.2, 0.25) is 0 Å². The minimum atomic E-state index is -0.859. The molecule has 6 heteroatoms. The van der Waals surface area contributed by atoms with Crippen molar-refractivity contribution < 1.29 is 24.2 Å². The van der Waals surface area contributed by atoms with E-state index in [4.69, 9.17) is 9.84 Å². The molecule has 3 atom stereocenters. The lowest BCUT2D eigenvalue weighted by Gasteiger charge is -2.34. The molecule has 0 aromatic rings. The van der Waals surface area contributed by atoms with E-state index in [0.29, 0.717) is 25.7 Å². The van der Waals surface area contributed by atoms with Crippen LogP contribution in [0.25, 0.3) is 0 Å². The Bertz CT molecular complexity index is 359. The average molecular weight is 255 g/mol. The number of aliphatic carboxylic acids is 1. The van der Waals surface area contributed by atoms with Gasteiger partial charge in [0.15, 0.2) is 0 Å². The molecule has 3 unspecified atom stereocenters. The third kappa shape index (κ3) is 2.38. The first kappa shape index (κ1) is 13.0. The van der Waals surface area contributed by atoms with E-state index in [9.17, 15) is 14.4 Å². The number of rotatable bonds is 5. The van der Waals surface area contributed by atoms with Crippen molar-refractivity contribution in [3.63, 3.8) is 0 Å². The molecule has 0 aromatic carbocycles. The van der Waals surface area contributed by atoms with Crippen molar-refractivity contribution in [1.82, 2.24) is 4.90 Å². The minimum Gasteiger partial charge on any atom is -0.481 e. The molecule has 2 aliphatic heterocycles. The summed E-state index contributed by atoms with van der Waals surface area (Å²) in [7, 11) is 0. The summed E-state index contributed by atoms with van der Waals surface area (Å²) in [5.41, 5.74) is 0.